The minimum Gasteiger partial charge on any atom is -0.345 e. The summed E-state index contributed by atoms with van der Waals surface area (Å²) in [5, 5.41) is 6.42. The van der Waals surface area contributed by atoms with Crippen molar-refractivity contribution in [2.24, 2.45) is 0 Å². The summed E-state index contributed by atoms with van der Waals surface area (Å²) >= 11 is 4.90. The first-order chi connectivity index (χ1) is 7.00. The van der Waals surface area contributed by atoms with Gasteiger partial charge < -0.3 is 5.32 Å². The molecule has 1 unspecified atom stereocenters. The van der Waals surface area contributed by atoms with Crippen LogP contribution in [0.1, 0.15) is 35.8 Å². The number of nitrogens with zero attached hydrogens (tertiary/aromatic N) is 1. The second-order valence-corrected chi connectivity index (χ2v) is 5.38. The van der Waals surface area contributed by atoms with Gasteiger partial charge in [-0.05, 0) is 20.3 Å². The second-order valence-electron chi connectivity index (χ2n) is 3.75. The summed E-state index contributed by atoms with van der Waals surface area (Å²) in [6, 6.07) is 0. The van der Waals surface area contributed by atoms with Crippen LogP contribution in [0.3, 0.4) is 0 Å². The van der Waals surface area contributed by atoms with E-state index in [1.165, 1.54) is 11.3 Å². The van der Waals surface area contributed by atoms with Gasteiger partial charge in [0.2, 0.25) is 0 Å². The van der Waals surface area contributed by atoms with E-state index in [4.69, 9.17) is 0 Å². The average Bonchev–Trinajstić information content (AvgIpc) is 2.65. The number of aromatic nitrogens is 1. The van der Waals surface area contributed by atoms with Crippen LogP contribution in [0.5, 0.6) is 0 Å². The molecule has 1 aromatic heterocycles. The molecule has 0 saturated heterocycles. The first kappa shape index (κ1) is 12.6. The molecule has 0 fully saturated rings. The zero-order valence-electron chi connectivity index (χ0n) is 9.13. The summed E-state index contributed by atoms with van der Waals surface area (Å²) < 4.78 is 0. The number of amides is 1. The third-order valence-electron chi connectivity index (χ3n) is 2.34. The van der Waals surface area contributed by atoms with Gasteiger partial charge in [-0.2, -0.15) is 0 Å². The molecule has 1 amide bonds. The number of nitrogens with one attached hydrogen (secondary N) is 1. The molecule has 1 rings (SSSR count). The smallest absolute Gasteiger partial charge is 0.271 e. The Balaban J connectivity index is 2.71. The van der Waals surface area contributed by atoms with E-state index in [-0.39, 0.29) is 11.4 Å². The highest BCUT2D eigenvalue weighted by atomic mass is 79.9. The Bertz CT molecular complexity index is 347. The fourth-order valence-corrected chi connectivity index (χ4v) is 2.15. The van der Waals surface area contributed by atoms with Crippen molar-refractivity contribution in [3.8, 4) is 0 Å². The first-order valence-electron chi connectivity index (χ1n) is 4.81. The van der Waals surface area contributed by atoms with Gasteiger partial charge in [0, 0.05) is 16.2 Å². The van der Waals surface area contributed by atoms with E-state index in [0.29, 0.717) is 5.69 Å². The van der Waals surface area contributed by atoms with Crippen molar-refractivity contribution in [1.29, 1.82) is 0 Å². The van der Waals surface area contributed by atoms with Gasteiger partial charge in [-0.1, -0.05) is 22.9 Å². The monoisotopic (exact) mass is 290 g/mol. The zero-order valence-corrected chi connectivity index (χ0v) is 11.5. The van der Waals surface area contributed by atoms with Gasteiger partial charge in [-0.25, -0.2) is 4.98 Å². The quantitative estimate of drug-likeness (QED) is 0.867. The van der Waals surface area contributed by atoms with E-state index in [0.717, 1.165) is 16.8 Å². The highest BCUT2D eigenvalue weighted by Gasteiger charge is 2.24. The van der Waals surface area contributed by atoms with E-state index < -0.39 is 0 Å². The predicted molar refractivity (Wildman–Crippen MR) is 66.8 cm³/mol. The molecule has 1 N–H and O–H groups in total. The fraction of sp³-hybridized carbons (Fsp3) is 0.600. The molecule has 5 heteroatoms. The lowest BCUT2D eigenvalue weighted by molar-refractivity contribution is 0.0909. The summed E-state index contributed by atoms with van der Waals surface area (Å²) in [6.07, 6.45) is 0.882. The molecule has 15 heavy (non-hydrogen) atoms. The molecule has 0 radical (unpaired) electrons. The number of hydrogen-bond acceptors (Lipinski definition) is 3. The zero-order chi connectivity index (χ0) is 11.5. The molecular formula is C10H15BrN2OS. The van der Waals surface area contributed by atoms with Gasteiger partial charge >= 0.3 is 0 Å². The molecule has 3 nitrogen and oxygen atoms in total. The van der Waals surface area contributed by atoms with Gasteiger partial charge in [0.15, 0.2) is 0 Å². The highest BCUT2D eigenvalue weighted by Crippen LogP contribution is 2.14. The molecule has 0 aliphatic rings. The Kier molecular flexibility index (Phi) is 4.28. The number of thiazole rings is 1. The first-order valence-corrected chi connectivity index (χ1v) is 6.81. The van der Waals surface area contributed by atoms with Crippen molar-refractivity contribution < 1.29 is 4.79 Å². The summed E-state index contributed by atoms with van der Waals surface area (Å²) in [5.41, 5.74) is 0.312. The van der Waals surface area contributed by atoms with Crippen LogP contribution in [0.2, 0.25) is 0 Å². The van der Waals surface area contributed by atoms with E-state index in [1.807, 2.05) is 20.8 Å². The van der Waals surface area contributed by atoms with Gasteiger partial charge in [0.25, 0.3) is 5.91 Å². The highest BCUT2D eigenvalue weighted by molar-refractivity contribution is 9.09. The number of hydrogen-bond donors (Lipinski definition) is 1. The summed E-state index contributed by atoms with van der Waals surface area (Å²) in [7, 11) is 0. The molecule has 0 aromatic carbocycles. The van der Waals surface area contributed by atoms with E-state index in [1.54, 1.807) is 5.38 Å². The summed E-state index contributed by atoms with van der Waals surface area (Å²) in [4.78, 5) is 16.0. The van der Waals surface area contributed by atoms with E-state index >= 15 is 0 Å². The van der Waals surface area contributed by atoms with Crippen LogP contribution in [0, 0.1) is 6.92 Å². The van der Waals surface area contributed by atoms with Crippen LogP contribution in [-0.4, -0.2) is 21.8 Å². The lowest BCUT2D eigenvalue weighted by Gasteiger charge is -2.26. The van der Waals surface area contributed by atoms with Crippen LogP contribution in [0.25, 0.3) is 0 Å². The third kappa shape index (κ3) is 3.28. The topological polar surface area (TPSA) is 42.0 Å². The maximum Gasteiger partial charge on any atom is 0.271 e. The summed E-state index contributed by atoms with van der Waals surface area (Å²) in [5.74, 6) is -0.0943. The lowest BCUT2D eigenvalue weighted by atomic mass is 10.0. The molecule has 0 bridgehead atoms. The normalized spacial score (nSPS) is 14.7. The Morgan fingerprint density at radius 1 is 1.73 bits per heavy atom. The average molecular weight is 291 g/mol. The van der Waals surface area contributed by atoms with Crippen LogP contribution in [0.15, 0.2) is 5.38 Å². The molecule has 0 aliphatic carbocycles. The number of aryl methyl sites for hydroxylation is 1. The van der Waals surface area contributed by atoms with Crippen molar-refractivity contribution in [2.45, 2.75) is 32.7 Å². The maximum absolute atomic E-state index is 11.8. The third-order valence-corrected chi connectivity index (χ3v) is 4.35. The second kappa shape index (κ2) is 5.07. The van der Waals surface area contributed by atoms with Gasteiger partial charge in [-0.3, -0.25) is 4.79 Å². The standard InChI is InChI=1S/C10H15BrN2OS/c1-4-10(3,6-11)13-9(14)8-5-15-7(2)12-8/h5H,4,6H2,1-3H3,(H,13,14). The minimum atomic E-state index is -0.200. The lowest BCUT2D eigenvalue weighted by Crippen LogP contribution is -2.47. The Labute approximate surface area is 102 Å². The van der Waals surface area contributed by atoms with Crippen LogP contribution in [-0.2, 0) is 0 Å². The van der Waals surface area contributed by atoms with Crippen LogP contribution >= 0.6 is 27.3 Å². The number of halogens is 1. The van der Waals surface area contributed by atoms with Crippen molar-refractivity contribution in [1.82, 2.24) is 10.3 Å². The van der Waals surface area contributed by atoms with Gasteiger partial charge in [0.1, 0.15) is 5.69 Å². The largest absolute Gasteiger partial charge is 0.345 e. The maximum atomic E-state index is 11.8. The number of carbonyl (C=O) groups excluding carboxylic acids is 1. The summed E-state index contributed by atoms with van der Waals surface area (Å²) in [6.45, 7) is 5.96. The molecule has 1 aromatic rings. The molecule has 1 atom stereocenters. The Morgan fingerprint density at radius 3 is 2.80 bits per heavy atom. The minimum absolute atomic E-state index is 0.0943. The van der Waals surface area contributed by atoms with Crippen LogP contribution in [0.4, 0.5) is 0 Å². The van der Waals surface area contributed by atoms with Crippen LogP contribution < -0.4 is 5.32 Å². The molecule has 84 valence electrons. The van der Waals surface area contributed by atoms with Crippen molar-refractivity contribution >= 4 is 33.2 Å². The SMILES string of the molecule is CCC(C)(CBr)NC(=O)c1csc(C)n1. The molecule has 0 spiro atoms. The van der Waals surface area contributed by atoms with E-state index in [2.05, 4.69) is 26.2 Å². The van der Waals surface area contributed by atoms with Gasteiger partial charge in [0.05, 0.1) is 5.01 Å². The molecule has 1 heterocycles. The Hall–Kier alpha value is -0.420. The van der Waals surface area contributed by atoms with E-state index in [9.17, 15) is 4.79 Å². The van der Waals surface area contributed by atoms with Gasteiger partial charge in [-0.15, -0.1) is 11.3 Å². The fourth-order valence-electron chi connectivity index (χ4n) is 1.02. The number of carbonyl (C=O) groups is 1. The number of alkyl halides is 1. The number of rotatable bonds is 4. The Morgan fingerprint density at radius 2 is 2.40 bits per heavy atom. The molecule has 0 saturated carbocycles. The van der Waals surface area contributed by atoms with Crippen molar-refractivity contribution in [3.05, 3.63) is 16.1 Å². The molecule has 0 aliphatic heterocycles. The van der Waals surface area contributed by atoms with Crippen molar-refractivity contribution in [3.63, 3.8) is 0 Å². The molecular weight excluding hydrogens is 276 g/mol. The predicted octanol–water partition coefficient (Wildman–Crippen LogP) is 2.74. The van der Waals surface area contributed by atoms with Crippen molar-refractivity contribution in [2.75, 3.05) is 5.33 Å².